The summed E-state index contributed by atoms with van der Waals surface area (Å²) in [5, 5.41) is 44.3. The summed E-state index contributed by atoms with van der Waals surface area (Å²) in [4.78, 5) is 57.2. The minimum Gasteiger partial charge on any atom is -0.456 e. The van der Waals surface area contributed by atoms with Crippen molar-refractivity contribution in [2.75, 3.05) is 20.8 Å². The molecule has 0 spiro atoms. The molecule has 314 valence electrons. The van der Waals surface area contributed by atoms with E-state index in [1.807, 2.05) is 54.5 Å². The molecule has 15 unspecified atom stereocenters. The van der Waals surface area contributed by atoms with Crippen molar-refractivity contribution in [2.24, 2.45) is 40.9 Å². The molecule has 3 aliphatic heterocycles. The molecule has 4 fully saturated rings. The molecule has 1 amide bonds. The number of esters is 1. The van der Waals surface area contributed by atoms with Crippen LogP contribution in [-0.4, -0.2) is 124 Å². The summed E-state index contributed by atoms with van der Waals surface area (Å²) in [6.45, 7) is 15.1. The van der Waals surface area contributed by atoms with Gasteiger partial charge < -0.3 is 44.3 Å². The summed E-state index contributed by atoms with van der Waals surface area (Å²) in [7, 11) is 2.98. The number of nitrogens with zero attached hydrogens (tertiary/aromatic N) is 1. The van der Waals surface area contributed by atoms with Gasteiger partial charge in [0.25, 0.3) is 11.7 Å². The molecule has 0 aromatic carbocycles. The first-order valence-corrected chi connectivity index (χ1v) is 20.5. The van der Waals surface area contributed by atoms with Crippen LogP contribution in [-0.2, 0) is 38.1 Å². The third-order valence-electron chi connectivity index (χ3n) is 13.9. The van der Waals surface area contributed by atoms with Crippen LogP contribution < -0.4 is 0 Å². The lowest BCUT2D eigenvalue weighted by molar-refractivity contribution is -0.303. The fourth-order valence-electron chi connectivity index (χ4n) is 9.58. The van der Waals surface area contributed by atoms with E-state index in [0.29, 0.717) is 32.1 Å². The number of hydrogen-bond donors (Lipinski definition) is 4. The second-order valence-electron chi connectivity index (χ2n) is 18.0. The third kappa shape index (κ3) is 9.72. The van der Waals surface area contributed by atoms with Crippen molar-refractivity contribution in [2.45, 2.75) is 168 Å². The van der Waals surface area contributed by atoms with Gasteiger partial charge in [0.15, 0.2) is 0 Å². The second-order valence-corrected chi connectivity index (χ2v) is 18.0. The predicted molar refractivity (Wildman–Crippen MR) is 203 cm³/mol. The van der Waals surface area contributed by atoms with Crippen molar-refractivity contribution in [3.63, 3.8) is 0 Å². The summed E-state index contributed by atoms with van der Waals surface area (Å²) in [6.07, 6.45) is -0.498. The van der Waals surface area contributed by atoms with Crippen molar-refractivity contribution in [3.8, 4) is 0 Å². The molecule has 2 bridgehead atoms. The minimum absolute atomic E-state index is 0.0297. The minimum atomic E-state index is -2.54. The number of hydrogen-bond acceptors (Lipinski definition) is 12. The highest BCUT2D eigenvalue weighted by Crippen LogP contribution is 2.43. The van der Waals surface area contributed by atoms with Gasteiger partial charge in [-0.25, -0.2) is 4.79 Å². The standard InChI is InChI=1S/C42H69NO12/c1-22-13-15-30(44)26(5)27(6)41(7,8)37(47)24(3)19-33(52-9)36-34(53-10)20-25(4)42(51,55-36)38(48)39(49)43-17-11-12-29(43)40(50)54-35(22)23(2)18-28-14-16-31(45)32(46)21-28/h18,22,24-29,31-37,45-47,51H,11-17,19-21H2,1-10H3/b23-18+. The first-order valence-electron chi connectivity index (χ1n) is 20.5. The number of allylic oxidation sites excluding steroid dienone is 1. The van der Waals surface area contributed by atoms with Crippen molar-refractivity contribution in [1.29, 1.82) is 0 Å². The lowest BCUT2D eigenvalue weighted by Gasteiger charge is -2.47. The van der Waals surface area contributed by atoms with Crippen LogP contribution in [0.2, 0.25) is 0 Å². The Bertz CT molecular complexity index is 1400. The molecule has 0 aromatic rings. The van der Waals surface area contributed by atoms with E-state index in [4.69, 9.17) is 18.9 Å². The Labute approximate surface area is 327 Å². The van der Waals surface area contributed by atoms with E-state index in [1.165, 1.54) is 19.1 Å². The van der Waals surface area contributed by atoms with E-state index >= 15 is 0 Å². The Morgan fingerprint density at radius 3 is 2.11 bits per heavy atom. The highest BCUT2D eigenvalue weighted by atomic mass is 16.7. The molecule has 13 heteroatoms. The van der Waals surface area contributed by atoms with Gasteiger partial charge in [-0.05, 0) is 93.0 Å². The number of ketones is 2. The molecule has 3 saturated heterocycles. The van der Waals surface area contributed by atoms with Gasteiger partial charge in [-0.1, -0.05) is 54.5 Å². The van der Waals surface area contributed by atoms with Crippen molar-refractivity contribution < 1.29 is 58.6 Å². The highest BCUT2D eigenvalue weighted by Gasteiger charge is 2.57. The molecule has 3 heterocycles. The van der Waals surface area contributed by atoms with Gasteiger partial charge in [0.2, 0.25) is 5.79 Å². The van der Waals surface area contributed by atoms with E-state index in [9.17, 15) is 39.6 Å². The number of ether oxygens (including phenoxy) is 4. The first kappa shape index (κ1) is 45.4. The summed E-state index contributed by atoms with van der Waals surface area (Å²) in [6, 6.07) is -1.08. The number of carbonyl (C=O) groups excluding carboxylic acids is 4. The molecule has 0 aromatic heterocycles. The summed E-state index contributed by atoms with van der Waals surface area (Å²) >= 11 is 0. The smallest absolute Gasteiger partial charge is 0.329 e. The average molecular weight is 780 g/mol. The molecule has 4 rings (SSSR count). The van der Waals surface area contributed by atoms with Crippen molar-refractivity contribution in [3.05, 3.63) is 11.6 Å². The molecule has 0 radical (unpaired) electrons. The molecule has 13 nitrogen and oxygen atoms in total. The van der Waals surface area contributed by atoms with Crippen LogP contribution >= 0.6 is 0 Å². The van der Waals surface area contributed by atoms with E-state index in [2.05, 4.69) is 0 Å². The molecule has 55 heavy (non-hydrogen) atoms. The van der Waals surface area contributed by atoms with E-state index < -0.39 is 89.5 Å². The zero-order valence-electron chi connectivity index (χ0n) is 34.7. The number of methoxy groups -OCH3 is 2. The number of aliphatic hydroxyl groups is 4. The zero-order valence-corrected chi connectivity index (χ0v) is 34.7. The monoisotopic (exact) mass is 779 g/mol. The Kier molecular flexibility index (Phi) is 15.3. The predicted octanol–water partition coefficient (Wildman–Crippen LogP) is 3.75. The fraction of sp³-hybridized carbons (Fsp3) is 0.857. The molecule has 1 aliphatic carbocycles. The fourth-order valence-corrected chi connectivity index (χ4v) is 9.58. The molecular weight excluding hydrogens is 710 g/mol. The maximum atomic E-state index is 14.1. The summed E-state index contributed by atoms with van der Waals surface area (Å²) < 4.78 is 24.1. The normalized spacial score (nSPS) is 43.4. The van der Waals surface area contributed by atoms with E-state index in [1.54, 1.807) is 6.92 Å². The highest BCUT2D eigenvalue weighted by molar-refractivity contribution is 6.39. The molecule has 1 saturated carbocycles. The van der Waals surface area contributed by atoms with Crippen LogP contribution in [0.1, 0.15) is 113 Å². The van der Waals surface area contributed by atoms with E-state index in [-0.39, 0.29) is 61.7 Å². The van der Waals surface area contributed by atoms with Crippen molar-refractivity contribution >= 4 is 23.4 Å². The van der Waals surface area contributed by atoms with Crippen LogP contribution in [0.3, 0.4) is 0 Å². The summed E-state index contributed by atoms with van der Waals surface area (Å²) in [5.41, 5.74) is 0.0158. The van der Waals surface area contributed by atoms with Crippen LogP contribution in [0.25, 0.3) is 0 Å². The largest absolute Gasteiger partial charge is 0.456 e. The van der Waals surface area contributed by atoms with Crippen LogP contribution in [0.5, 0.6) is 0 Å². The quantitative estimate of drug-likeness (QED) is 0.184. The number of fused-ring (bicyclic) bond motifs is 3. The SMILES string of the molecule is COC1CC(C)C(O)C(C)(C)C(C)C(C)C(=O)CCC(C)C(/C(C)=C/C2CCC(O)C(O)C2)OC(=O)C2CCCN2C(=O)C(=O)C2(O)OC1C(OC)CC2C. The Hall–Kier alpha value is -2.26. The third-order valence-corrected chi connectivity index (χ3v) is 13.9. The number of Topliss-reactive ketones (excluding diaryl/α,β-unsaturated/α-hetero) is 2. The average Bonchev–Trinajstić information content (AvgIpc) is 3.65. The zero-order chi connectivity index (χ0) is 41.2. The van der Waals surface area contributed by atoms with Gasteiger partial charge >= 0.3 is 5.97 Å². The molecule has 15 atom stereocenters. The molecule has 4 aliphatic rings. The van der Waals surface area contributed by atoms with Crippen molar-refractivity contribution in [1.82, 2.24) is 4.90 Å². The number of cyclic esters (lactones) is 1. The van der Waals surface area contributed by atoms with Crippen LogP contribution in [0.4, 0.5) is 0 Å². The first-order chi connectivity index (χ1) is 25.7. The number of amides is 1. The Morgan fingerprint density at radius 1 is 0.855 bits per heavy atom. The molecule has 4 N–H and O–H groups in total. The van der Waals surface area contributed by atoms with Gasteiger partial charge in [-0.2, -0.15) is 0 Å². The second kappa shape index (κ2) is 18.6. The Morgan fingerprint density at radius 2 is 1.49 bits per heavy atom. The summed E-state index contributed by atoms with van der Waals surface area (Å²) in [5.74, 6) is -7.66. The van der Waals surface area contributed by atoms with Gasteiger partial charge in [0, 0.05) is 39.0 Å². The van der Waals surface area contributed by atoms with Gasteiger partial charge in [0.05, 0.1) is 30.5 Å². The topological polar surface area (TPSA) is 189 Å². The maximum absolute atomic E-state index is 14.1. The number of aliphatic hydroxyl groups excluding tert-OH is 3. The maximum Gasteiger partial charge on any atom is 0.329 e. The van der Waals surface area contributed by atoms with Crippen LogP contribution in [0.15, 0.2) is 11.6 Å². The Balaban J connectivity index is 1.74. The van der Waals surface area contributed by atoms with Gasteiger partial charge in [-0.15, -0.1) is 0 Å². The van der Waals surface area contributed by atoms with Gasteiger partial charge in [-0.3, -0.25) is 14.4 Å². The molecular formula is C42H69NO12. The number of rotatable bonds is 4. The lowest BCUT2D eigenvalue weighted by atomic mass is 9.65. The van der Waals surface area contributed by atoms with E-state index in [0.717, 1.165) is 5.57 Å². The number of carbonyl (C=O) groups is 4. The van der Waals surface area contributed by atoms with Crippen LogP contribution in [0, 0.1) is 40.9 Å². The van der Waals surface area contributed by atoms with Gasteiger partial charge in [0.1, 0.15) is 24.0 Å². The lowest BCUT2D eigenvalue weighted by Crippen LogP contribution is -2.64.